The largest absolute Gasteiger partial charge is 0.399 e. The number of hydrogen-bond donors (Lipinski definition) is 2. The molecule has 0 amide bonds. The number of rotatable bonds is 3. The first-order valence-corrected chi connectivity index (χ1v) is 6.04. The summed E-state index contributed by atoms with van der Waals surface area (Å²) in [5.74, 6) is 0.364. The Morgan fingerprint density at radius 3 is 1.89 bits per heavy atom. The van der Waals surface area contributed by atoms with Crippen molar-refractivity contribution in [2.45, 2.75) is 12.8 Å². The highest BCUT2D eigenvalue weighted by Gasteiger charge is 2.00. The molecule has 0 fully saturated rings. The fourth-order valence-electron chi connectivity index (χ4n) is 1.77. The minimum Gasteiger partial charge on any atom is -0.399 e. The molecule has 2 aromatic rings. The van der Waals surface area contributed by atoms with E-state index in [1.54, 1.807) is 0 Å². The van der Waals surface area contributed by atoms with Crippen LogP contribution < -0.4 is 11.5 Å². The van der Waals surface area contributed by atoms with E-state index in [0.29, 0.717) is 5.92 Å². The Morgan fingerprint density at radius 2 is 1.33 bits per heavy atom. The molecule has 1 atom stereocenters. The van der Waals surface area contributed by atoms with Gasteiger partial charge in [0.15, 0.2) is 0 Å². The Balaban J connectivity index is 2.08. The van der Waals surface area contributed by atoms with E-state index in [1.807, 2.05) is 36.4 Å². The third kappa shape index (κ3) is 3.14. The van der Waals surface area contributed by atoms with Crippen molar-refractivity contribution in [2.24, 2.45) is 0 Å². The Hall–Kier alpha value is -2.22. The molecule has 2 nitrogen and oxygen atoms in total. The predicted octanol–water partition coefficient (Wildman–Crippen LogP) is 3.67. The summed E-state index contributed by atoms with van der Waals surface area (Å²) < 4.78 is 0. The smallest absolute Gasteiger partial charge is 0.0314 e. The minimum absolute atomic E-state index is 0.364. The van der Waals surface area contributed by atoms with Gasteiger partial charge in [0, 0.05) is 11.4 Å². The summed E-state index contributed by atoms with van der Waals surface area (Å²) in [4.78, 5) is 0. The maximum absolute atomic E-state index is 5.68. The molecule has 0 heterocycles. The summed E-state index contributed by atoms with van der Waals surface area (Å²) in [6.45, 7) is 2.17. The van der Waals surface area contributed by atoms with Gasteiger partial charge in [-0.1, -0.05) is 43.3 Å². The van der Waals surface area contributed by atoms with Crippen molar-refractivity contribution in [3.05, 3.63) is 65.7 Å². The zero-order chi connectivity index (χ0) is 13.0. The first kappa shape index (κ1) is 12.2. The lowest BCUT2D eigenvalue weighted by Gasteiger charge is -2.07. The number of allylic oxidation sites excluding steroid dienone is 1. The maximum atomic E-state index is 5.68. The molecule has 92 valence electrons. The van der Waals surface area contributed by atoms with E-state index >= 15 is 0 Å². The van der Waals surface area contributed by atoms with Crippen LogP contribution in [0.15, 0.2) is 54.6 Å². The quantitative estimate of drug-likeness (QED) is 0.802. The van der Waals surface area contributed by atoms with Crippen LogP contribution in [0.1, 0.15) is 24.0 Å². The van der Waals surface area contributed by atoms with E-state index in [9.17, 15) is 0 Å². The average molecular weight is 238 g/mol. The van der Waals surface area contributed by atoms with E-state index in [0.717, 1.165) is 16.9 Å². The highest BCUT2D eigenvalue weighted by atomic mass is 14.5. The zero-order valence-corrected chi connectivity index (χ0v) is 10.5. The molecule has 0 spiro atoms. The molecule has 4 N–H and O–H groups in total. The standard InChI is InChI=1S/C16H18N2/c1-12(14-6-10-16(18)11-7-14)2-3-13-4-8-15(17)9-5-13/h2-12H,17-18H2,1H3/b3-2+. The van der Waals surface area contributed by atoms with Gasteiger partial charge in [0.25, 0.3) is 0 Å². The molecule has 0 aliphatic rings. The van der Waals surface area contributed by atoms with Crippen molar-refractivity contribution in [1.82, 2.24) is 0 Å². The van der Waals surface area contributed by atoms with Crippen LogP contribution in [0.3, 0.4) is 0 Å². The SMILES string of the molecule is CC(/C=C/c1ccc(N)cc1)c1ccc(N)cc1. The van der Waals surface area contributed by atoms with Crippen molar-refractivity contribution >= 4 is 17.5 Å². The van der Waals surface area contributed by atoms with E-state index in [2.05, 4.69) is 31.2 Å². The molecule has 0 aliphatic carbocycles. The Kier molecular flexibility index (Phi) is 3.68. The summed E-state index contributed by atoms with van der Waals surface area (Å²) in [5, 5.41) is 0. The summed E-state index contributed by atoms with van der Waals surface area (Å²) in [6.07, 6.45) is 4.29. The summed E-state index contributed by atoms with van der Waals surface area (Å²) >= 11 is 0. The lowest BCUT2D eigenvalue weighted by Crippen LogP contribution is -1.90. The molecule has 0 aromatic heterocycles. The fraction of sp³-hybridized carbons (Fsp3) is 0.125. The molecule has 0 aliphatic heterocycles. The topological polar surface area (TPSA) is 52.0 Å². The number of benzene rings is 2. The number of nitrogen functional groups attached to an aromatic ring is 2. The van der Waals surface area contributed by atoms with Crippen LogP contribution in [0.5, 0.6) is 0 Å². The van der Waals surface area contributed by atoms with Crippen molar-refractivity contribution in [1.29, 1.82) is 0 Å². The van der Waals surface area contributed by atoms with Gasteiger partial charge in [0.05, 0.1) is 0 Å². The molecule has 0 saturated heterocycles. The summed E-state index contributed by atoms with van der Waals surface area (Å²) in [6, 6.07) is 15.8. The van der Waals surface area contributed by atoms with Gasteiger partial charge in [-0.3, -0.25) is 0 Å². The van der Waals surface area contributed by atoms with E-state index in [-0.39, 0.29) is 0 Å². The van der Waals surface area contributed by atoms with Gasteiger partial charge in [-0.15, -0.1) is 0 Å². The number of nitrogens with two attached hydrogens (primary N) is 2. The second kappa shape index (κ2) is 5.41. The van der Waals surface area contributed by atoms with Crippen molar-refractivity contribution in [3.8, 4) is 0 Å². The van der Waals surface area contributed by atoms with Gasteiger partial charge in [0.2, 0.25) is 0 Å². The highest BCUT2D eigenvalue weighted by molar-refractivity contribution is 5.54. The maximum Gasteiger partial charge on any atom is 0.0314 e. The van der Waals surface area contributed by atoms with Crippen LogP contribution in [-0.2, 0) is 0 Å². The van der Waals surface area contributed by atoms with Crippen LogP contribution in [-0.4, -0.2) is 0 Å². The monoisotopic (exact) mass is 238 g/mol. The molecule has 0 bridgehead atoms. The van der Waals surface area contributed by atoms with Crippen LogP contribution in [0.25, 0.3) is 6.08 Å². The van der Waals surface area contributed by atoms with Gasteiger partial charge < -0.3 is 11.5 Å². The number of anilines is 2. The normalized spacial score (nSPS) is 12.7. The average Bonchev–Trinajstić information content (AvgIpc) is 2.38. The Morgan fingerprint density at radius 1 is 0.833 bits per heavy atom. The second-order valence-corrected chi connectivity index (χ2v) is 4.48. The molecule has 0 saturated carbocycles. The molecular weight excluding hydrogens is 220 g/mol. The summed E-state index contributed by atoms with van der Waals surface area (Å²) in [7, 11) is 0. The minimum atomic E-state index is 0.364. The fourth-order valence-corrected chi connectivity index (χ4v) is 1.77. The first-order valence-electron chi connectivity index (χ1n) is 6.04. The van der Waals surface area contributed by atoms with Gasteiger partial charge in [-0.2, -0.15) is 0 Å². The molecule has 2 rings (SSSR count). The van der Waals surface area contributed by atoms with E-state index in [4.69, 9.17) is 11.5 Å². The first-order chi connectivity index (χ1) is 8.65. The molecule has 1 unspecified atom stereocenters. The summed E-state index contributed by atoms with van der Waals surface area (Å²) in [5.41, 5.74) is 15.3. The second-order valence-electron chi connectivity index (χ2n) is 4.48. The van der Waals surface area contributed by atoms with Crippen molar-refractivity contribution < 1.29 is 0 Å². The van der Waals surface area contributed by atoms with Gasteiger partial charge in [-0.05, 0) is 41.3 Å². The van der Waals surface area contributed by atoms with Crippen LogP contribution in [0.2, 0.25) is 0 Å². The molecule has 2 aromatic carbocycles. The third-order valence-corrected chi connectivity index (χ3v) is 2.98. The van der Waals surface area contributed by atoms with E-state index in [1.165, 1.54) is 5.56 Å². The molecule has 18 heavy (non-hydrogen) atoms. The van der Waals surface area contributed by atoms with E-state index < -0.39 is 0 Å². The predicted molar refractivity (Wildman–Crippen MR) is 79.2 cm³/mol. The molecule has 2 heteroatoms. The zero-order valence-electron chi connectivity index (χ0n) is 10.5. The molecular formula is C16H18N2. The lowest BCUT2D eigenvalue weighted by molar-refractivity contribution is 0.973. The van der Waals surface area contributed by atoms with Crippen LogP contribution in [0, 0.1) is 0 Å². The Labute approximate surface area is 108 Å². The van der Waals surface area contributed by atoms with Crippen molar-refractivity contribution in [2.75, 3.05) is 11.5 Å². The molecule has 0 radical (unpaired) electrons. The van der Waals surface area contributed by atoms with Crippen LogP contribution in [0.4, 0.5) is 11.4 Å². The lowest BCUT2D eigenvalue weighted by atomic mass is 9.99. The highest BCUT2D eigenvalue weighted by Crippen LogP contribution is 2.19. The van der Waals surface area contributed by atoms with Gasteiger partial charge >= 0.3 is 0 Å². The Bertz CT molecular complexity index is 524. The van der Waals surface area contributed by atoms with Crippen LogP contribution >= 0.6 is 0 Å². The van der Waals surface area contributed by atoms with Crippen molar-refractivity contribution in [3.63, 3.8) is 0 Å². The van der Waals surface area contributed by atoms with Gasteiger partial charge in [0.1, 0.15) is 0 Å². The number of hydrogen-bond acceptors (Lipinski definition) is 2. The van der Waals surface area contributed by atoms with Gasteiger partial charge in [-0.25, -0.2) is 0 Å². The third-order valence-electron chi connectivity index (χ3n) is 2.98.